The van der Waals surface area contributed by atoms with Crippen LogP contribution in [0, 0.1) is 0 Å². The van der Waals surface area contributed by atoms with E-state index in [1.165, 1.54) is 12.3 Å². The lowest BCUT2D eigenvalue weighted by atomic mass is 10.1. The molecular weight excluding hydrogens is 388 g/mol. The maximum Gasteiger partial charge on any atom is 0.280 e. The first kappa shape index (κ1) is 21.3. The summed E-state index contributed by atoms with van der Waals surface area (Å²) in [6.07, 6.45) is 3.59. The molecule has 1 saturated carbocycles. The molecule has 0 spiro atoms. The molecule has 3 atom stereocenters. The van der Waals surface area contributed by atoms with Crippen molar-refractivity contribution in [3.05, 3.63) is 29.8 Å². The van der Waals surface area contributed by atoms with Crippen molar-refractivity contribution < 1.29 is 13.5 Å². The summed E-state index contributed by atoms with van der Waals surface area (Å²) >= 11 is 0. The molecule has 2 aromatic heterocycles. The first-order valence-corrected chi connectivity index (χ1v) is 11.0. The Morgan fingerprint density at radius 2 is 2.07 bits per heavy atom. The Morgan fingerprint density at radius 1 is 1.23 bits per heavy atom. The van der Waals surface area contributed by atoms with E-state index in [1.54, 1.807) is 6.07 Å². The van der Waals surface area contributed by atoms with Crippen LogP contribution in [0.1, 0.15) is 76.4 Å². The van der Waals surface area contributed by atoms with Gasteiger partial charge in [-0.2, -0.15) is 5.10 Å². The maximum atomic E-state index is 12.8. The third kappa shape index (κ3) is 4.39. The van der Waals surface area contributed by atoms with E-state index in [0.29, 0.717) is 29.5 Å². The van der Waals surface area contributed by atoms with Crippen molar-refractivity contribution in [1.29, 1.82) is 0 Å². The van der Waals surface area contributed by atoms with Crippen molar-refractivity contribution in [3.8, 4) is 11.4 Å². The van der Waals surface area contributed by atoms with Gasteiger partial charge in [-0.05, 0) is 51.7 Å². The van der Waals surface area contributed by atoms with E-state index < -0.39 is 6.43 Å². The molecule has 2 fully saturated rings. The Labute approximate surface area is 176 Å². The second kappa shape index (κ2) is 9.06. The standard InChI is InChI=1S/C22H31F2N5O/c1-4-18-13-28(9-10-30-18)17-7-5-15(11-17)22-26-21(27-29(22)14(2)3)16-6-8-19(20(23)24)25-12-16/h6,8,12,14-15,17-18,20H,4-5,7,9-11,13H2,1-3H3/t15-,17+,18+/m0/s1. The molecule has 4 rings (SSSR count). The van der Waals surface area contributed by atoms with Crippen LogP contribution in [0.2, 0.25) is 0 Å². The van der Waals surface area contributed by atoms with Crippen LogP contribution in [0.4, 0.5) is 8.78 Å². The number of aromatic nitrogens is 4. The normalized spacial score (nSPS) is 25.5. The van der Waals surface area contributed by atoms with Crippen LogP contribution in [0.15, 0.2) is 18.3 Å². The highest BCUT2D eigenvalue weighted by molar-refractivity contribution is 5.53. The van der Waals surface area contributed by atoms with Crippen LogP contribution in [-0.2, 0) is 4.74 Å². The zero-order chi connectivity index (χ0) is 21.3. The van der Waals surface area contributed by atoms with E-state index in [0.717, 1.165) is 51.2 Å². The molecule has 0 bridgehead atoms. The molecule has 0 amide bonds. The predicted octanol–water partition coefficient (Wildman–Crippen LogP) is 4.61. The molecule has 1 aliphatic heterocycles. The predicted molar refractivity (Wildman–Crippen MR) is 111 cm³/mol. The van der Waals surface area contributed by atoms with Crippen molar-refractivity contribution >= 4 is 0 Å². The average molecular weight is 420 g/mol. The van der Waals surface area contributed by atoms with Crippen LogP contribution >= 0.6 is 0 Å². The van der Waals surface area contributed by atoms with Gasteiger partial charge < -0.3 is 4.74 Å². The number of halogens is 2. The summed E-state index contributed by atoms with van der Waals surface area (Å²) in [6.45, 7) is 9.20. The first-order valence-electron chi connectivity index (χ1n) is 11.0. The van der Waals surface area contributed by atoms with Gasteiger partial charge in [-0.1, -0.05) is 6.92 Å². The summed E-state index contributed by atoms with van der Waals surface area (Å²) in [7, 11) is 0. The SMILES string of the molecule is CC[C@@H]1CN([C@@H]2CC[C@H](c3nc(-c4ccc(C(F)F)nc4)nn3C(C)C)C2)CCO1. The molecule has 3 heterocycles. The Balaban J connectivity index is 1.52. The Bertz CT molecular complexity index is 839. The fraction of sp³-hybridized carbons (Fsp3) is 0.682. The summed E-state index contributed by atoms with van der Waals surface area (Å²) in [5.74, 6) is 1.92. The largest absolute Gasteiger partial charge is 0.376 e. The van der Waals surface area contributed by atoms with Crippen LogP contribution < -0.4 is 0 Å². The molecule has 2 aromatic rings. The molecule has 0 unspecified atom stereocenters. The number of alkyl halides is 2. The summed E-state index contributed by atoms with van der Waals surface area (Å²) in [5, 5.41) is 4.71. The quantitative estimate of drug-likeness (QED) is 0.685. The monoisotopic (exact) mass is 419 g/mol. The first-order chi connectivity index (χ1) is 14.5. The van der Waals surface area contributed by atoms with E-state index in [9.17, 15) is 8.78 Å². The van der Waals surface area contributed by atoms with E-state index in [-0.39, 0.29) is 11.7 Å². The number of pyridine rings is 1. The fourth-order valence-corrected chi connectivity index (χ4v) is 4.63. The lowest BCUT2D eigenvalue weighted by Crippen LogP contribution is -2.46. The highest BCUT2D eigenvalue weighted by atomic mass is 19.3. The maximum absolute atomic E-state index is 12.8. The lowest BCUT2D eigenvalue weighted by Gasteiger charge is -2.36. The van der Waals surface area contributed by atoms with Crippen LogP contribution in [0.3, 0.4) is 0 Å². The topological polar surface area (TPSA) is 56.1 Å². The Kier molecular flexibility index (Phi) is 6.43. The smallest absolute Gasteiger partial charge is 0.280 e. The fourth-order valence-electron chi connectivity index (χ4n) is 4.63. The molecule has 30 heavy (non-hydrogen) atoms. The number of nitrogens with zero attached hydrogens (tertiary/aromatic N) is 5. The number of hydrogen-bond donors (Lipinski definition) is 0. The minimum atomic E-state index is -2.57. The molecule has 0 N–H and O–H groups in total. The van der Waals surface area contributed by atoms with E-state index >= 15 is 0 Å². The lowest BCUT2D eigenvalue weighted by molar-refractivity contribution is -0.0436. The molecule has 8 heteroatoms. The number of morpholine rings is 1. The number of rotatable bonds is 6. The van der Waals surface area contributed by atoms with Crippen molar-refractivity contribution in [2.24, 2.45) is 0 Å². The molecule has 164 valence electrons. The second-order valence-corrected chi connectivity index (χ2v) is 8.66. The third-order valence-corrected chi connectivity index (χ3v) is 6.33. The second-order valence-electron chi connectivity index (χ2n) is 8.66. The molecule has 1 aliphatic carbocycles. The molecular formula is C22H31F2N5O. The van der Waals surface area contributed by atoms with Gasteiger partial charge in [0.1, 0.15) is 11.5 Å². The van der Waals surface area contributed by atoms with Crippen LogP contribution in [-0.4, -0.2) is 56.5 Å². The zero-order valence-corrected chi connectivity index (χ0v) is 18.0. The zero-order valence-electron chi connectivity index (χ0n) is 18.0. The molecule has 1 saturated heterocycles. The van der Waals surface area contributed by atoms with Gasteiger partial charge in [0.25, 0.3) is 6.43 Å². The van der Waals surface area contributed by atoms with Gasteiger partial charge in [0.15, 0.2) is 5.82 Å². The highest BCUT2D eigenvalue weighted by Gasteiger charge is 2.35. The minimum absolute atomic E-state index is 0.182. The van der Waals surface area contributed by atoms with Crippen LogP contribution in [0.25, 0.3) is 11.4 Å². The number of ether oxygens (including phenoxy) is 1. The molecule has 6 nitrogen and oxygen atoms in total. The van der Waals surface area contributed by atoms with Crippen molar-refractivity contribution in [3.63, 3.8) is 0 Å². The number of hydrogen-bond acceptors (Lipinski definition) is 5. The van der Waals surface area contributed by atoms with Gasteiger partial charge >= 0.3 is 0 Å². The Hall–Kier alpha value is -1.93. The average Bonchev–Trinajstić information content (AvgIpc) is 3.41. The van der Waals surface area contributed by atoms with E-state index in [4.69, 9.17) is 14.8 Å². The van der Waals surface area contributed by atoms with Gasteiger partial charge in [0, 0.05) is 42.9 Å². The third-order valence-electron chi connectivity index (χ3n) is 6.33. The van der Waals surface area contributed by atoms with Gasteiger partial charge in [-0.3, -0.25) is 9.88 Å². The summed E-state index contributed by atoms with van der Waals surface area (Å²) < 4.78 is 33.4. The highest BCUT2D eigenvalue weighted by Crippen LogP contribution is 2.38. The van der Waals surface area contributed by atoms with Gasteiger partial charge in [0.05, 0.1) is 12.7 Å². The van der Waals surface area contributed by atoms with Crippen LogP contribution in [0.5, 0.6) is 0 Å². The van der Waals surface area contributed by atoms with E-state index in [1.807, 2.05) is 4.68 Å². The molecule has 2 aliphatic rings. The molecule has 0 aromatic carbocycles. The van der Waals surface area contributed by atoms with Crippen molar-refractivity contribution in [2.75, 3.05) is 19.7 Å². The summed E-state index contributed by atoms with van der Waals surface area (Å²) in [5.41, 5.74) is 0.449. The van der Waals surface area contributed by atoms with Crippen molar-refractivity contribution in [2.45, 2.75) is 77.0 Å². The summed E-state index contributed by atoms with van der Waals surface area (Å²) in [4.78, 5) is 11.3. The molecule has 0 radical (unpaired) electrons. The Morgan fingerprint density at radius 3 is 2.73 bits per heavy atom. The minimum Gasteiger partial charge on any atom is -0.376 e. The van der Waals surface area contributed by atoms with Gasteiger partial charge in [-0.15, -0.1) is 0 Å². The van der Waals surface area contributed by atoms with E-state index in [2.05, 4.69) is 30.7 Å². The summed E-state index contributed by atoms with van der Waals surface area (Å²) in [6, 6.07) is 3.72. The van der Waals surface area contributed by atoms with Crippen molar-refractivity contribution in [1.82, 2.24) is 24.6 Å². The van der Waals surface area contributed by atoms with Gasteiger partial charge in [0.2, 0.25) is 0 Å². The van der Waals surface area contributed by atoms with Gasteiger partial charge in [-0.25, -0.2) is 18.4 Å².